The van der Waals surface area contributed by atoms with E-state index in [9.17, 15) is 4.79 Å². The zero-order valence-corrected chi connectivity index (χ0v) is 14.2. The molecule has 1 amide bonds. The minimum Gasteiger partial charge on any atom is -0.492 e. The number of ether oxygens (including phenoxy) is 1. The molecule has 0 radical (unpaired) electrons. The third kappa shape index (κ3) is 4.94. The molecule has 0 saturated carbocycles. The Morgan fingerprint density at radius 3 is 2.80 bits per heavy atom. The number of amides is 1. The third-order valence-electron chi connectivity index (χ3n) is 3.70. The van der Waals surface area contributed by atoms with Gasteiger partial charge in [-0.1, -0.05) is 30.3 Å². The summed E-state index contributed by atoms with van der Waals surface area (Å²) < 4.78 is 7.39. The summed E-state index contributed by atoms with van der Waals surface area (Å²) in [5.74, 6) is 0.777. The molecule has 0 unspecified atom stereocenters. The molecule has 5 nitrogen and oxygen atoms in total. The summed E-state index contributed by atoms with van der Waals surface area (Å²) in [4.78, 5) is 12.0. The number of rotatable bonds is 7. The topological polar surface area (TPSA) is 56.1 Å². The first-order valence-corrected chi connectivity index (χ1v) is 8.26. The number of aromatic nitrogens is 2. The van der Waals surface area contributed by atoms with Gasteiger partial charge in [-0.3, -0.25) is 4.79 Å². The molecule has 0 aliphatic heterocycles. The monoisotopic (exact) mass is 335 g/mol. The van der Waals surface area contributed by atoms with Crippen LogP contribution in [0.3, 0.4) is 0 Å². The summed E-state index contributed by atoms with van der Waals surface area (Å²) in [6, 6.07) is 17.7. The Labute approximate surface area is 147 Å². The van der Waals surface area contributed by atoms with Crippen molar-refractivity contribution in [2.45, 2.75) is 13.3 Å². The maximum Gasteiger partial charge on any atom is 0.224 e. The molecule has 3 rings (SSSR count). The fraction of sp³-hybridized carbons (Fsp3) is 0.200. The second-order valence-corrected chi connectivity index (χ2v) is 5.82. The number of para-hydroxylation sites is 1. The van der Waals surface area contributed by atoms with Gasteiger partial charge in [-0.25, -0.2) is 4.68 Å². The molecule has 0 spiro atoms. The van der Waals surface area contributed by atoms with Gasteiger partial charge in [-0.15, -0.1) is 0 Å². The molecule has 25 heavy (non-hydrogen) atoms. The number of aryl methyl sites for hydroxylation is 1. The van der Waals surface area contributed by atoms with Gasteiger partial charge in [0.25, 0.3) is 0 Å². The number of nitrogens with one attached hydrogen (secondary N) is 1. The lowest BCUT2D eigenvalue weighted by Gasteiger charge is -2.08. The van der Waals surface area contributed by atoms with E-state index in [2.05, 4.69) is 10.4 Å². The Morgan fingerprint density at radius 1 is 1.16 bits per heavy atom. The molecule has 1 aromatic heterocycles. The van der Waals surface area contributed by atoms with Crippen LogP contribution in [0.25, 0.3) is 5.69 Å². The van der Waals surface area contributed by atoms with Crippen LogP contribution in [0, 0.1) is 6.92 Å². The van der Waals surface area contributed by atoms with E-state index in [0.29, 0.717) is 19.6 Å². The molecular weight excluding hydrogens is 314 g/mol. The second-order valence-electron chi connectivity index (χ2n) is 5.82. The van der Waals surface area contributed by atoms with Crippen LogP contribution in [0.5, 0.6) is 5.75 Å². The first-order valence-electron chi connectivity index (χ1n) is 8.26. The highest BCUT2D eigenvalue weighted by atomic mass is 16.5. The Balaban J connectivity index is 1.43. The van der Waals surface area contributed by atoms with Crippen molar-refractivity contribution in [3.05, 3.63) is 78.1 Å². The Morgan fingerprint density at radius 2 is 2.00 bits per heavy atom. The largest absolute Gasteiger partial charge is 0.492 e. The third-order valence-corrected chi connectivity index (χ3v) is 3.70. The summed E-state index contributed by atoms with van der Waals surface area (Å²) >= 11 is 0. The van der Waals surface area contributed by atoms with Crippen molar-refractivity contribution in [3.8, 4) is 11.4 Å². The van der Waals surface area contributed by atoms with Crippen molar-refractivity contribution in [1.82, 2.24) is 15.1 Å². The summed E-state index contributed by atoms with van der Waals surface area (Å²) in [7, 11) is 0. The van der Waals surface area contributed by atoms with Crippen LogP contribution in [-0.4, -0.2) is 28.8 Å². The van der Waals surface area contributed by atoms with Crippen LogP contribution >= 0.6 is 0 Å². The first-order chi connectivity index (χ1) is 12.2. The van der Waals surface area contributed by atoms with E-state index >= 15 is 0 Å². The molecular formula is C20H21N3O2. The average molecular weight is 335 g/mol. The molecule has 3 aromatic rings. The SMILES string of the molecule is Cc1cccc(OCCNC(=O)Cc2cnn(-c3ccccc3)c2)c1. The van der Waals surface area contributed by atoms with Gasteiger partial charge in [0.2, 0.25) is 5.91 Å². The molecule has 0 atom stereocenters. The summed E-state index contributed by atoms with van der Waals surface area (Å²) in [5, 5.41) is 7.16. The standard InChI is InChI=1S/C20H21N3O2/c1-16-6-5-9-19(12-16)25-11-10-21-20(24)13-17-14-22-23(15-17)18-7-3-2-4-8-18/h2-9,12,14-15H,10-11,13H2,1H3,(H,21,24). The van der Waals surface area contributed by atoms with Crippen molar-refractivity contribution in [2.75, 3.05) is 13.2 Å². The van der Waals surface area contributed by atoms with Gasteiger partial charge in [-0.2, -0.15) is 5.10 Å². The van der Waals surface area contributed by atoms with E-state index in [1.165, 1.54) is 0 Å². The van der Waals surface area contributed by atoms with Crippen molar-refractivity contribution in [3.63, 3.8) is 0 Å². The molecule has 0 fully saturated rings. The molecule has 0 aliphatic rings. The van der Waals surface area contributed by atoms with Crippen LogP contribution in [-0.2, 0) is 11.2 Å². The number of hydrogen-bond acceptors (Lipinski definition) is 3. The van der Waals surface area contributed by atoms with Crippen molar-refractivity contribution in [2.24, 2.45) is 0 Å². The van der Waals surface area contributed by atoms with E-state index in [1.54, 1.807) is 10.9 Å². The highest BCUT2D eigenvalue weighted by molar-refractivity contribution is 5.78. The zero-order valence-electron chi connectivity index (χ0n) is 14.2. The van der Waals surface area contributed by atoms with Gasteiger partial charge in [0.15, 0.2) is 0 Å². The number of benzene rings is 2. The van der Waals surface area contributed by atoms with Crippen LogP contribution in [0.4, 0.5) is 0 Å². The summed E-state index contributed by atoms with van der Waals surface area (Å²) in [6.07, 6.45) is 3.89. The highest BCUT2D eigenvalue weighted by Crippen LogP contribution is 2.12. The number of nitrogens with zero attached hydrogens (tertiary/aromatic N) is 2. The lowest BCUT2D eigenvalue weighted by Crippen LogP contribution is -2.29. The van der Waals surface area contributed by atoms with E-state index in [4.69, 9.17) is 4.74 Å². The quantitative estimate of drug-likeness (QED) is 0.676. The lowest BCUT2D eigenvalue weighted by atomic mass is 10.2. The maximum atomic E-state index is 12.0. The Kier molecular flexibility index (Phi) is 5.46. The van der Waals surface area contributed by atoms with Gasteiger partial charge in [0.1, 0.15) is 12.4 Å². The van der Waals surface area contributed by atoms with E-state index in [0.717, 1.165) is 22.6 Å². The normalized spacial score (nSPS) is 10.4. The fourth-order valence-electron chi connectivity index (χ4n) is 2.49. The van der Waals surface area contributed by atoms with Crippen LogP contribution in [0.15, 0.2) is 67.0 Å². The molecule has 0 saturated heterocycles. The number of carbonyl (C=O) groups is 1. The minimum atomic E-state index is -0.0412. The van der Waals surface area contributed by atoms with Gasteiger partial charge in [-0.05, 0) is 42.3 Å². The average Bonchev–Trinajstić information content (AvgIpc) is 3.08. The zero-order chi connectivity index (χ0) is 17.5. The predicted molar refractivity (Wildman–Crippen MR) is 97.0 cm³/mol. The first kappa shape index (κ1) is 16.8. The summed E-state index contributed by atoms with van der Waals surface area (Å²) in [6.45, 7) is 2.93. The molecule has 2 aromatic carbocycles. The number of carbonyl (C=O) groups excluding carboxylic acids is 1. The molecule has 1 heterocycles. The predicted octanol–water partition coefficient (Wildman–Crippen LogP) is 2.92. The van der Waals surface area contributed by atoms with Crippen molar-refractivity contribution >= 4 is 5.91 Å². The van der Waals surface area contributed by atoms with Crippen LogP contribution in [0.1, 0.15) is 11.1 Å². The van der Waals surface area contributed by atoms with Crippen molar-refractivity contribution < 1.29 is 9.53 Å². The van der Waals surface area contributed by atoms with Gasteiger partial charge in [0.05, 0.1) is 24.8 Å². The number of hydrogen-bond donors (Lipinski definition) is 1. The van der Waals surface area contributed by atoms with Gasteiger partial charge < -0.3 is 10.1 Å². The van der Waals surface area contributed by atoms with Gasteiger partial charge in [0, 0.05) is 6.20 Å². The summed E-state index contributed by atoms with van der Waals surface area (Å²) in [5.41, 5.74) is 3.00. The molecule has 1 N–H and O–H groups in total. The molecule has 0 bridgehead atoms. The van der Waals surface area contributed by atoms with Crippen LogP contribution in [0.2, 0.25) is 0 Å². The Bertz CT molecular complexity index is 828. The van der Waals surface area contributed by atoms with Crippen LogP contribution < -0.4 is 10.1 Å². The van der Waals surface area contributed by atoms with E-state index in [-0.39, 0.29) is 5.91 Å². The van der Waals surface area contributed by atoms with Crippen molar-refractivity contribution in [1.29, 1.82) is 0 Å². The maximum absolute atomic E-state index is 12.0. The second kappa shape index (κ2) is 8.15. The fourth-order valence-corrected chi connectivity index (χ4v) is 2.49. The lowest BCUT2D eigenvalue weighted by molar-refractivity contribution is -0.120. The molecule has 128 valence electrons. The minimum absolute atomic E-state index is 0.0412. The highest BCUT2D eigenvalue weighted by Gasteiger charge is 2.06. The van der Waals surface area contributed by atoms with Gasteiger partial charge >= 0.3 is 0 Å². The molecule has 5 heteroatoms. The smallest absolute Gasteiger partial charge is 0.224 e. The van der Waals surface area contributed by atoms with E-state index < -0.39 is 0 Å². The van der Waals surface area contributed by atoms with E-state index in [1.807, 2.05) is 67.7 Å². The molecule has 0 aliphatic carbocycles. The Hall–Kier alpha value is -3.08.